The highest BCUT2D eigenvalue weighted by atomic mass is 16.6. The van der Waals surface area contributed by atoms with Gasteiger partial charge in [-0.3, -0.25) is 0 Å². The van der Waals surface area contributed by atoms with Crippen molar-refractivity contribution >= 4 is 18.0 Å². The number of benzene rings is 1. The molecule has 1 fully saturated rings. The van der Waals surface area contributed by atoms with E-state index in [1.165, 1.54) is 7.11 Å². The van der Waals surface area contributed by atoms with E-state index >= 15 is 0 Å². The summed E-state index contributed by atoms with van der Waals surface area (Å²) in [6, 6.07) is 9.91. The maximum atomic E-state index is 11.5. The van der Waals surface area contributed by atoms with Gasteiger partial charge in [0.2, 0.25) is 0 Å². The number of carbonyl (C=O) groups is 2. The molecule has 0 amide bonds. The van der Waals surface area contributed by atoms with E-state index in [0.29, 0.717) is 30.8 Å². The number of allylic oxidation sites excluding steroid dienone is 1. The number of rotatable bonds is 7. The van der Waals surface area contributed by atoms with Gasteiger partial charge in [0.05, 0.1) is 13.7 Å². The molecule has 0 N–H and O–H groups in total. The SMILES string of the molecule is C=C(C)C(=O)OC.C=C(CC=Cc1ccccc1)C(=O)OCC1CO1. The fraction of sp³-hybridized carbons (Fsp3) is 0.300. The Morgan fingerprint density at radius 2 is 1.88 bits per heavy atom. The van der Waals surface area contributed by atoms with Gasteiger partial charge in [-0.1, -0.05) is 55.6 Å². The Labute approximate surface area is 148 Å². The summed E-state index contributed by atoms with van der Waals surface area (Å²) in [4.78, 5) is 21.7. The minimum absolute atomic E-state index is 0.0987. The van der Waals surface area contributed by atoms with Crippen molar-refractivity contribution in [2.45, 2.75) is 19.4 Å². The Kier molecular flexibility index (Phi) is 8.96. The van der Waals surface area contributed by atoms with Gasteiger partial charge in [-0.25, -0.2) is 9.59 Å². The summed E-state index contributed by atoms with van der Waals surface area (Å²) in [6.07, 6.45) is 4.47. The second-order valence-electron chi connectivity index (χ2n) is 5.45. The number of carbonyl (C=O) groups excluding carboxylic acids is 2. The van der Waals surface area contributed by atoms with E-state index in [-0.39, 0.29) is 18.0 Å². The summed E-state index contributed by atoms with van der Waals surface area (Å²) in [5.74, 6) is -0.691. The van der Waals surface area contributed by atoms with Crippen molar-refractivity contribution in [2.75, 3.05) is 20.3 Å². The van der Waals surface area contributed by atoms with Crippen LogP contribution in [0, 0.1) is 0 Å². The molecule has 1 atom stereocenters. The molecule has 1 aliphatic rings. The Hall–Kier alpha value is -2.66. The van der Waals surface area contributed by atoms with E-state index in [0.717, 1.165) is 5.56 Å². The number of ether oxygens (including phenoxy) is 3. The van der Waals surface area contributed by atoms with Crippen molar-refractivity contribution in [3.8, 4) is 0 Å². The lowest BCUT2D eigenvalue weighted by molar-refractivity contribution is -0.139. The van der Waals surface area contributed by atoms with Crippen molar-refractivity contribution in [1.29, 1.82) is 0 Å². The molecule has 1 aliphatic heterocycles. The van der Waals surface area contributed by atoms with Crippen LogP contribution in [0.1, 0.15) is 18.9 Å². The van der Waals surface area contributed by atoms with Gasteiger partial charge >= 0.3 is 11.9 Å². The van der Waals surface area contributed by atoms with Crippen LogP contribution >= 0.6 is 0 Å². The summed E-state index contributed by atoms with van der Waals surface area (Å²) >= 11 is 0. The molecule has 25 heavy (non-hydrogen) atoms. The molecule has 1 aromatic carbocycles. The fourth-order valence-corrected chi connectivity index (χ4v) is 1.59. The zero-order valence-electron chi connectivity index (χ0n) is 14.7. The first-order chi connectivity index (χ1) is 11.9. The van der Waals surface area contributed by atoms with Gasteiger partial charge in [-0.2, -0.15) is 0 Å². The Morgan fingerprint density at radius 3 is 2.36 bits per heavy atom. The van der Waals surface area contributed by atoms with Gasteiger partial charge in [0.25, 0.3) is 0 Å². The highest BCUT2D eigenvalue weighted by molar-refractivity contribution is 5.88. The number of esters is 2. The first kappa shape index (κ1) is 20.4. The molecular weight excluding hydrogens is 320 g/mol. The summed E-state index contributed by atoms with van der Waals surface area (Å²) in [5.41, 5.74) is 2.00. The molecule has 1 heterocycles. The molecule has 0 bridgehead atoms. The number of methoxy groups -OCH3 is 1. The average Bonchev–Trinajstić information content (AvgIpc) is 3.44. The Balaban J connectivity index is 0.000000381. The molecule has 0 aromatic heterocycles. The van der Waals surface area contributed by atoms with Crippen LogP contribution in [0.2, 0.25) is 0 Å². The van der Waals surface area contributed by atoms with E-state index in [1.807, 2.05) is 42.5 Å². The second kappa shape index (κ2) is 11.0. The van der Waals surface area contributed by atoms with E-state index < -0.39 is 0 Å². The van der Waals surface area contributed by atoms with Crippen LogP contribution in [0.4, 0.5) is 0 Å². The first-order valence-electron chi connectivity index (χ1n) is 7.86. The Morgan fingerprint density at radius 1 is 1.24 bits per heavy atom. The van der Waals surface area contributed by atoms with Crippen LogP contribution in [0.3, 0.4) is 0 Å². The van der Waals surface area contributed by atoms with Gasteiger partial charge in [0.1, 0.15) is 12.7 Å². The van der Waals surface area contributed by atoms with Crippen LogP contribution in [0.5, 0.6) is 0 Å². The summed E-state index contributed by atoms with van der Waals surface area (Å²) in [7, 11) is 1.33. The zero-order chi connectivity index (χ0) is 18.7. The smallest absolute Gasteiger partial charge is 0.333 e. The van der Waals surface area contributed by atoms with E-state index in [4.69, 9.17) is 9.47 Å². The van der Waals surface area contributed by atoms with Crippen LogP contribution < -0.4 is 0 Å². The van der Waals surface area contributed by atoms with Crippen LogP contribution in [-0.2, 0) is 23.8 Å². The topological polar surface area (TPSA) is 65.1 Å². The summed E-state index contributed by atoms with van der Waals surface area (Å²) < 4.78 is 14.3. The van der Waals surface area contributed by atoms with Gasteiger partial charge in [0, 0.05) is 11.1 Å². The third-order valence-corrected chi connectivity index (χ3v) is 3.10. The normalized spacial score (nSPS) is 14.9. The van der Waals surface area contributed by atoms with E-state index in [1.54, 1.807) is 6.92 Å². The largest absolute Gasteiger partial charge is 0.466 e. The van der Waals surface area contributed by atoms with Crippen LogP contribution in [-0.4, -0.2) is 38.4 Å². The van der Waals surface area contributed by atoms with Crippen molar-refractivity contribution in [1.82, 2.24) is 0 Å². The van der Waals surface area contributed by atoms with Crippen molar-refractivity contribution < 1.29 is 23.8 Å². The summed E-state index contributed by atoms with van der Waals surface area (Å²) in [6.45, 7) is 9.69. The van der Waals surface area contributed by atoms with Gasteiger partial charge in [0.15, 0.2) is 0 Å². The van der Waals surface area contributed by atoms with Crippen LogP contribution in [0.25, 0.3) is 6.08 Å². The second-order valence-corrected chi connectivity index (χ2v) is 5.45. The Bertz CT molecular complexity index is 627. The first-order valence-corrected chi connectivity index (χ1v) is 7.86. The molecule has 0 aliphatic carbocycles. The minimum Gasteiger partial charge on any atom is -0.466 e. The molecule has 1 saturated heterocycles. The predicted octanol–water partition coefficient (Wildman–Crippen LogP) is 3.32. The molecule has 0 radical (unpaired) electrons. The summed E-state index contributed by atoms with van der Waals surface area (Å²) in [5, 5.41) is 0. The molecule has 0 spiro atoms. The van der Waals surface area contributed by atoms with Gasteiger partial charge < -0.3 is 14.2 Å². The number of epoxide rings is 1. The lowest BCUT2D eigenvalue weighted by Crippen LogP contribution is -2.11. The molecule has 5 nitrogen and oxygen atoms in total. The molecule has 134 valence electrons. The third-order valence-electron chi connectivity index (χ3n) is 3.10. The van der Waals surface area contributed by atoms with E-state index in [9.17, 15) is 9.59 Å². The quantitative estimate of drug-likeness (QED) is 0.431. The lowest BCUT2D eigenvalue weighted by Gasteiger charge is -2.03. The number of hydrogen-bond acceptors (Lipinski definition) is 5. The molecule has 2 rings (SSSR count). The number of hydrogen-bond donors (Lipinski definition) is 0. The van der Waals surface area contributed by atoms with Gasteiger partial charge in [-0.15, -0.1) is 0 Å². The molecule has 0 saturated carbocycles. The van der Waals surface area contributed by atoms with E-state index in [2.05, 4.69) is 17.9 Å². The zero-order valence-corrected chi connectivity index (χ0v) is 14.7. The lowest BCUT2D eigenvalue weighted by atomic mass is 10.1. The van der Waals surface area contributed by atoms with Gasteiger partial charge in [-0.05, 0) is 18.9 Å². The minimum atomic E-state index is -0.347. The fourth-order valence-electron chi connectivity index (χ4n) is 1.59. The molecule has 1 aromatic rings. The van der Waals surface area contributed by atoms with Crippen molar-refractivity contribution in [2.24, 2.45) is 0 Å². The highest BCUT2D eigenvalue weighted by Gasteiger charge is 2.24. The maximum absolute atomic E-state index is 11.5. The average molecular weight is 344 g/mol. The predicted molar refractivity (Wildman–Crippen MR) is 96.8 cm³/mol. The van der Waals surface area contributed by atoms with Crippen molar-refractivity contribution in [3.05, 3.63) is 66.3 Å². The molecular formula is C20H24O5. The maximum Gasteiger partial charge on any atom is 0.333 e. The van der Waals surface area contributed by atoms with Crippen LogP contribution in [0.15, 0.2) is 60.7 Å². The third kappa shape index (κ3) is 9.27. The monoisotopic (exact) mass is 344 g/mol. The molecule has 5 heteroatoms. The molecule has 1 unspecified atom stereocenters. The highest BCUT2D eigenvalue weighted by Crippen LogP contribution is 2.11. The standard InChI is InChI=1S/C15H16O3.C5H8O2/c1-12(15(16)18-11-14-10-17-14)6-5-9-13-7-3-2-4-8-13;1-4(2)5(6)7-3/h2-5,7-9,14H,1,6,10-11H2;1H2,2-3H3. The van der Waals surface area contributed by atoms with Crippen molar-refractivity contribution in [3.63, 3.8) is 0 Å².